The largest absolute Gasteiger partial charge is 0.465 e. The van der Waals surface area contributed by atoms with E-state index >= 15 is 0 Å². The van der Waals surface area contributed by atoms with E-state index in [1.807, 2.05) is 0 Å². The standard InChI is InChI=1S/C44H74O10/c1-3-5-7-17-21-25-49-41(45)33-29-37-39(53-37)31-35(33)43(47)51-27-23-19-15-13-11-9-10-12-14-16-20-24-28-52-44(48)36-32-40-38(54-40)30-34(36)42(46)50-26-22-18-8-6-4-2/h33-40H,3-32H2,1-2H3. The number of esters is 4. The van der Waals surface area contributed by atoms with E-state index in [0.29, 0.717) is 52.1 Å². The van der Waals surface area contributed by atoms with Gasteiger partial charge in [-0.25, -0.2) is 0 Å². The van der Waals surface area contributed by atoms with Crippen molar-refractivity contribution >= 4 is 23.9 Å². The minimum atomic E-state index is -0.451. The van der Waals surface area contributed by atoms with Crippen LogP contribution in [-0.4, -0.2) is 74.7 Å². The molecule has 0 N–H and O–H groups in total. The van der Waals surface area contributed by atoms with Gasteiger partial charge in [0.25, 0.3) is 0 Å². The number of carbonyl (C=O) groups is 4. The molecule has 0 radical (unpaired) electrons. The highest BCUT2D eigenvalue weighted by Gasteiger charge is 2.54. The van der Waals surface area contributed by atoms with Gasteiger partial charge in [-0.05, 0) is 51.4 Å². The first kappa shape index (κ1) is 44.5. The van der Waals surface area contributed by atoms with Crippen LogP contribution >= 0.6 is 0 Å². The van der Waals surface area contributed by atoms with Gasteiger partial charge in [-0.2, -0.15) is 0 Å². The third-order valence-electron chi connectivity index (χ3n) is 12.0. The topological polar surface area (TPSA) is 130 Å². The summed E-state index contributed by atoms with van der Waals surface area (Å²) < 4.78 is 33.7. The average Bonchev–Trinajstić information content (AvgIpc) is 4.11. The predicted octanol–water partition coefficient (Wildman–Crippen LogP) is 9.37. The molecule has 8 unspecified atom stereocenters. The van der Waals surface area contributed by atoms with Crippen LogP contribution in [0.4, 0.5) is 0 Å². The van der Waals surface area contributed by atoms with Crippen molar-refractivity contribution in [1.82, 2.24) is 0 Å². The van der Waals surface area contributed by atoms with Gasteiger partial charge in [0, 0.05) is 0 Å². The molecule has 310 valence electrons. The first-order valence-electron chi connectivity index (χ1n) is 22.4. The molecule has 4 aliphatic rings. The fourth-order valence-electron chi connectivity index (χ4n) is 8.39. The van der Waals surface area contributed by atoms with Gasteiger partial charge in [0.1, 0.15) is 0 Å². The van der Waals surface area contributed by atoms with Crippen LogP contribution in [0, 0.1) is 23.7 Å². The third-order valence-corrected chi connectivity index (χ3v) is 12.0. The minimum Gasteiger partial charge on any atom is -0.465 e. The molecule has 10 nitrogen and oxygen atoms in total. The average molecular weight is 763 g/mol. The van der Waals surface area contributed by atoms with E-state index in [2.05, 4.69) is 13.8 Å². The maximum absolute atomic E-state index is 12.9. The lowest BCUT2D eigenvalue weighted by molar-refractivity contribution is -0.162. The fourth-order valence-corrected chi connectivity index (χ4v) is 8.39. The van der Waals surface area contributed by atoms with Crippen LogP contribution in [0.15, 0.2) is 0 Å². The Bertz CT molecular complexity index is 1010. The van der Waals surface area contributed by atoms with Gasteiger partial charge in [0.2, 0.25) is 0 Å². The zero-order valence-electron chi connectivity index (χ0n) is 33.9. The highest BCUT2D eigenvalue weighted by molar-refractivity contribution is 5.83. The van der Waals surface area contributed by atoms with Crippen LogP contribution in [0.25, 0.3) is 0 Å². The number of rotatable bonds is 31. The molecule has 4 fully saturated rings. The maximum Gasteiger partial charge on any atom is 0.309 e. The van der Waals surface area contributed by atoms with Crippen molar-refractivity contribution in [2.24, 2.45) is 23.7 Å². The monoisotopic (exact) mass is 763 g/mol. The molecule has 54 heavy (non-hydrogen) atoms. The summed E-state index contributed by atoms with van der Waals surface area (Å²) in [4.78, 5) is 51.5. The Morgan fingerprint density at radius 2 is 0.556 bits per heavy atom. The summed E-state index contributed by atoms with van der Waals surface area (Å²) in [5.41, 5.74) is 0. The van der Waals surface area contributed by atoms with Gasteiger partial charge in [0.15, 0.2) is 0 Å². The van der Waals surface area contributed by atoms with Gasteiger partial charge in [-0.15, -0.1) is 0 Å². The van der Waals surface area contributed by atoms with E-state index in [0.717, 1.165) is 77.0 Å². The van der Waals surface area contributed by atoms with Crippen molar-refractivity contribution in [3.05, 3.63) is 0 Å². The molecule has 0 aromatic heterocycles. The molecule has 2 saturated carbocycles. The molecule has 2 saturated heterocycles. The molecule has 2 aliphatic heterocycles. The Labute approximate surface area is 326 Å². The van der Waals surface area contributed by atoms with Crippen molar-refractivity contribution in [3.8, 4) is 0 Å². The quantitative estimate of drug-likeness (QED) is 0.0291. The molecule has 4 rings (SSSR count). The summed E-state index contributed by atoms with van der Waals surface area (Å²) in [6, 6.07) is 0. The molecular weight excluding hydrogens is 688 g/mol. The van der Waals surface area contributed by atoms with E-state index in [4.69, 9.17) is 28.4 Å². The zero-order valence-corrected chi connectivity index (χ0v) is 33.9. The summed E-state index contributed by atoms with van der Waals surface area (Å²) >= 11 is 0. The molecule has 2 aliphatic carbocycles. The van der Waals surface area contributed by atoms with Gasteiger partial charge < -0.3 is 28.4 Å². The van der Waals surface area contributed by atoms with Crippen molar-refractivity contribution < 1.29 is 47.6 Å². The maximum atomic E-state index is 12.9. The fraction of sp³-hybridized carbons (Fsp3) is 0.909. The van der Waals surface area contributed by atoms with Crippen molar-refractivity contribution in [2.75, 3.05) is 26.4 Å². The van der Waals surface area contributed by atoms with E-state index in [1.165, 1.54) is 64.2 Å². The molecule has 0 bridgehead atoms. The van der Waals surface area contributed by atoms with Gasteiger partial charge >= 0.3 is 23.9 Å². The smallest absolute Gasteiger partial charge is 0.309 e. The molecule has 2 heterocycles. The number of carbonyl (C=O) groups excluding carboxylic acids is 4. The predicted molar refractivity (Wildman–Crippen MR) is 207 cm³/mol. The summed E-state index contributed by atoms with van der Waals surface area (Å²) in [5, 5.41) is 0. The lowest BCUT2D eigenvalue weighted by Crippen LogP contribution is -2.37. The van der Waals surface area contributed by atoms with Crippen LogP contribution in [-0.2, 0) is 47.6 Å². The Morgan fingerprint density at radius 1 is 0.352 bits per heavy atom. The van der Waals surface area contributed by atoms with Crippen molar-refractivity contribution in [1.29, 1.82) is 0 Å². The molecule has 0 spiro atoms. The first-order valence-corrected chi connectivity index (χ1v) is 22.4. The van der Waals surface area contributed by atoms with E-state index in [9.17, 15) is 19.2 Å². The number of fused-ring (bicyclic) bond motifs is 2. The summed E-state index contributed by atoms with van der Waals surface area (Å²) in [7, 11) is 0. The number of hydrogen-bond acceptors (Lipinski definition) is 10. The number of ether oxygens (including phenoxy) is 6. The Kier molecular flexibility index (Phi) is 21.3. The summed E-state index contributed by atoms with van der Waals surface area (Å²) in [6.45, 7) is 6.04. The highest BCUT2D eigenvalue weighted by Crippen LogP contribution is 2.45. The molecule has 8 atom stereocenters. The molecule has 10 heteroatoms. The van der Waals surface area contributed by atoms with E-state index < -0.39 is 23.7 Å². The zero-order chi connectivity index (χ0) is 38.4. The van der Waals surface area contributed by atoms with Crippen LogP contribution in [0.2, 0.25) is 0 Å². The SMILES string of the molecule is CCCCCCCOC(=O)C1CC2OC2CC1C(=O)OCCCCCCCCCCCCCCOC(=O)C1CC2OC2CC1C(=O)OCCCCCCC. The van der Waals surface area contributed by atoms with Gasteiger partial charge in [-0.3, -0.25) is 19.2 Å². The van der Waals surface area contributed by atoms with E-state index in [1.54, 1.807) is 0 Å². The summed E-state index contributed by atoms with van der Waals surface area (Å²) in [5.74, 6) is -2.86. The molecule has 0 aromatic rings. The Morgan fingerprint density at radius 3 is 0.778 bits per heavy atom. The lowest BCUT2D eigenvalue weighted by Gasteiger charge is -2.26. The van der Waals surface area contributed by atoms with Gasteiger partial charge in [0.05, 0.1) is 74.5 Å². The van der Waals surface area contributed by atoms with Crippen LogP contribution in [0.1, 0.15) is 181 Å². The second kappa shape index (κ2) is 25.9. The summed E-state index contributed by atoms with van der Waals surface area (Å²) in [6.07, 6.45) is 27.0. The molecule has 0 aromatic carbocycles. The first-order chi connectivity index (χ1) is 26.4. The number of epoxide rings is 2. The second-order valence-electron chi connectivity index (χ2n) is 16.5. The van der Waals surface area contributed by atoms with Crippen LogP contribution in [0.3, 0.4) is 0 Å². The number of unbranched alkanes of at least 4 members (excludes halogenated alkanes) is 19. The lowest BCUT2D eigenvalue weighted by atomic mass is 9.79. The molecule has 0 amide bonds. The van der Waals surface area contributed by atoms with Crippen molar-refractivity contribution in [3.63, 3.8) is 0 Å². The highest BCUT2D eigenvalue weighted by atomic mass is 16.6. The Hall–Kier alpha value is -2.20. The van der Waals surface area contributed by atoms with E-state index in [-0.39, 0.29) is 48.3 Å². The van der Waals surface area contributed by atoms with Crippen molar-refractivity contribution in [2.45, 2.75) is 205 Å². The number of hydrogen-bond donors (Lipinski definition) is 0. The normalized spacial score (nSPS) is 26.6. The van der Waals surface area contributed by atoms with Crippen LogP contribution in [0.5, 0.6) is 0 Å². The minimum absolute atomic E-state index is 0.0915. The van der Waals surface area contributed by atoms with Crippen LogP contribution < -0.4 is 0 Å². The third kappa shape index (κ3) is 16.5. The second-order valence-corrected chi connectivity index (χ2v) is 16.5. The van der Waals surface area contributed by atoms with Gasteiger partial charge in [-0.1, -0.05) is 129 Å². The molecular formula is C44H74O10. The Balaban J connectivity index is 0.930.